The third kappa shape index (κ3) is 10.9. The SMILES string of the molecule is CCC(=O)NC1C[C@@]23c4cccc(c4NC2Oc2c4cc(cc23)C(O)C(C(=O)NC[C-]=O)NC(=O)C(NC(=O)C(N)CO)CC(C)C4)OC(C)(CC)C(C(=O)O)NC(=O)CNC(=O)CNC1=O.[Na+]. The van der Waals surface area contributed by atoms with Crippen molar-refractivity contribution < 1.29 is 97.5 Å². The van der Waals surface area contributed by atoms with Crippen LogP contribution in [0, 0.1) is 5.92 Å². The van der Waals surface area contributed by atoms with Gasteiger partial charge in [0.15, 0.2) is 12.3 Å². The van der Waals surface area contributed by atoms with E-state index in [1.54, 1.807) is 45.0 Å². The molecule has 2 aromatic carbocycles. The number of benzene rings is 2. The zero-order valence-electron chi connectivity index (χ0n) is 38.3. The third-order valence-electron chi connectivity index (χ3n) is 12.7. The Hall–Kier alpha value is -5.85. The Bertz CT molecular complexity index is 2340. The van der Waals surface area contributed by atoms with Crippen molar-refractivity contribution in [1.82, 2.24) is 37.2 Å². The zero-order valence-corrected chi connectivity index (χ0v) is 40.3. The number of carbonyl (C=O) groups excluding carboxylic acids is 8. The number of amides is 7. The number of aliphatic hydroxyl groups is 2. The van der Waals surface area contributed by atoms with E-state index in [0.717, 1.165) is 0 Å². The van der Waals surface area contributed by atoms with E-state index in [2.05, 4.69) is 42.5 Å². The minimum atomic E-state index is -1.86. The largest absolute Gasteiger partial charge is 1.00 e. The van der Waals surface area contributed by atoms with Crippen LogP contribution in [0.15, 0.2) is 30.3 Å². The number of carbonyl (C=O) groups is 8. The Balaban J connectivity index is 0.00000864. The minimum absolute atomic E-state index is 0. The summed E-state index contributed by atoms with van der Waals surface area (Å²) in [4.78, 5) is 118. The zero-order chi connectivity index (χ0) is 49.0. The second kappa shape index (κ2) is 22.1. The number of aliphatic carboxylic acids is 1. The van der Waals surface area contributed by atoms with Crippen LogP contribution in [0.1, 0.15) is 81.7 Å². The van der Waals surface area contributed by atoms with E-state index in [4.69, 9.17) is 15.2 Å². The van der Waals surface area contributed by atoms with Gasteiger partial charge in [-0.25, -0.2) is 11.1 Å². The van der Waals surface area contributed by atoms with Gasteiger partial charge in [-0.15, -0.1) is 0 Å². The van der Waals surface area contributed by atoms with Gasteiger partial charge in [-0.2, -0.15) is 0 Å². The van der Waals surface area contributed by atoms with Crippen LogP contribution in [0.2, 0.25) is 0 Å². The van der Waals surface area contributed by atoms with Gasteiger partial charge < -0.3 is 77.9 Å². The predicted octanol–water partition coefficient (Wildman–Crippen LogP) is -6.10. The fourth-order valence-corrected chi connectivity index (χ4v) is 8.96. The van der Waals surface area contributed by atoms with Gasteiger partial charge >= 0.3 is 35.5 Å². The molecule has 1 spiro atoms. The number of carboxylic acid groups (broad SMARTS) is 1. The number of aliphatic hydroxyl groups excluding tert-OH is 2. The third-order valence-corrected chi connectivity index (χ3v) is 12.7. The average molecular weight is 958 g/mol. The van der Waals surface area contributed by atoms with Crippen molar-refractivity contribution >= 4 is 59.3 Å². The van der Waals surface area contributed by atoms with Crippen molar-refractivity contribution in [2.24, 2.45) is 11.7 Å². The normalized spacial score (nSPS) is 28.4. The first kappa shape index (κ1) is 53.1. The predicted molar refractivity (Wildman–Crippen MR) is 234 cm³/mol. The van der Waals surface area contributed by atoms with Crippen molar-refractivity contribution in [3.05, 3.63) is 52.6 Å². The van der Waals surface area contributed by atoms with Crippen molar-refractivity contribution in [3.63, 3.8) is 0 Å². The molecule has 6 bridgehead atoms. The molecule has 0 radical (unpaired) electrons. The van der Waals surface area contributed by atoms with Gasteiger partial charge in [0.05, 0.1) is 30.8 Å². The second-order valence-electron chi connectivity index (χ2n) is 17.3. The molecule has 13 N–H and O–H groups in total. The number of nitrogens with one attached hydrogen (secondary N) is 8. The topological polar surface area (TPSA) is 355 Å². The fourth-order valence-electron chi connectivity index (χ4n) is 8.96. The Morgan fingerprint density at radius 2 is 1.69 bits per heavy atom. The van der Waals surface area contributed by atoms with Crippen molar-refractivity contribution in [1.29, 1.82) is 0 Å². The number of hydrogen-bond acceptors (Lipinski definition) is 15. The second-order valence-corrected chi connectivity index (χ2v) is 17.3. The van der Waals surface area contributed by atoms with E-state index in [0.29, 0.717) is 22.4 Å². The number of nitrogens with two attached hydrogens (primary N) is 1. The van der Waals surface area contributed by atoms with Crippen molar-refractivity contribution in [2.75, 3.05) is 31.6 Å². The number of carboxylic acids is 1. The number of ether oxygens (including phenoxy) is 2. The molecule has 362 valence electrons. The monoisotopic (exact) mass is 957 g/mol. The van der Waals surface area contributed by atoms with Crippen molar-refractivity contribution in [2.45, 2.75) is 113 Å². The number of fused-ring (bicyclic) bond motifs is 4. The first-order chi connectivity index (χ1) is 31.8. The maximum atomic E-state index is 14.2. The van der Waals surface area contributed by atoms with Crippen LogP contribution in [-0.4, -0.2) is 137 Å². The molecular weight excluding hydrogens is 902 g/mol. The van der Waals surface area contributed by atoms with Gasteiger partial charge in [0, 0.05) is 12.0 Å². The van der Waals surface area contributed by atoms with Crippen molar-refractivity contribution in [3.8, 4) is 11.5 Å². The van der Waals surface area contributed by atoms with Crippen LogP contribution in [-0.2, 0) is 55.0 Å². The Labute approximate surface area is 412 Å². The van der Waals surface area contributed by atoms with Gasteiger partial charge in [-0.1, -0.05) is 39.4 Å². The summed E-state index contributed by atoms with van der Waals surface area (Å²) in [6, 6.07) is 0.481. The van der Waals surface area contributed by atoms with Gasteiger partial charge in [-0.3, -0.25) is 33.6 Å². The van der Waals surface area contributed by atoms with Crippen LogP contribution in [0.25, 0.3) is 0 Å². The maximum Gasteiger partial charge on any atom is 1.00 e. The molecule has 9 unspecified atom stereocenters. The molecule has 0 fully saturated rings. The van der Waals surface area contributed by atoms with Gasteiger partial charge in [-0.05, 0) is 73.4 Å². The summed E-state index contributed by atoms with van der Waals surface area (Å²) in [5.74, 6) is -7.22. The van der Waals surface area contributed by atoms with Gasteiger partial charge in [0.2, 0.25) is 41.4 Å². The average Bonchev–Trinajstić information content (AvgIpc) is 3.78. The molecule has 10 atom stereocenters. The smallest absolute Gasteiger partial charge is 0.540 e. The first-order valence-electron chi connectivity index (χ1n) is 21.9. The molecule has 0 saturated heterocycles. The summed E-state index contributed by atoms with van der Waals surface area (Å²) >= 11 is 0. The van der Waals surface area contributed by atoms with Crippen LogP contribution in [0.5, 0.6) is 11.5 Å². The Kier molecular flexibility index (Phi) is 17.2. The summed E-state index contributed by atoms with van der Waals surface area (Å²) in [5.41, 5.74) is 4.22. The molecule has 0 aliphatic carbocycles. The molecule has 4 heterocycles. The van der Waals surface area contributed by atoms with Crippen LogP contribution >= 0.6 is 0 Å². The number of para-hydroxylation sites is 1. The molecule has 6 rings (SSSR count). The molecule has 7 amide bonds. The number of hydrogen-bond donors (Lipinski definition) is 12. The fraction of sp³-hybridized carbons (Fsp3) is 0.523. The molecule has 0 saturated carbocycles. The first-order valence-corrected chi connectivity index (χ1v) is 21.9. The molecular formula is C44H56N9NaO14. The van der Waals surface area contributed by atoms with Crippen LogP contribution in [0.4, 0.5) is 5.69 Å². The Morgan fingerprint density at radius 3 is 2.35 bits per heavy atom. The molecule has 68 heavy (non-hydrogen) atoms. The van der Waals surface area contributed by atoms with E-state index in [1.165, 1.54) is 19.3 Å². The summed E-state index contributed by atoms with van der Waals surface area (Å²) in [7, 11) is 0. The van der Waals surface area contributed by atoms with E-state index in [9.17, 15) is 58.5 Å². The molecule has 0 aromatic heterocycles. The maximum absolute atomic E-state index is 14.2. The minimum Gasteiger partial charge on any atom is -0.540 e. The van der Waals surface area contributed by atoms with E-state index >= 15 is 0 Å². The summed E-state index contributed by atoms with van der Waals surface area (Å²) in [6.45, 7) is 3.90. The van der Waals surface area contributed by atoms with Crippen LogP contribution < -0.4 is 87.3 Å². The molecule has 23 nitrogen and oxygen atoms in total. The van der Waals surface area contributed by atoms with E-state index in [1.807, 2.05) is 0 Å². The van der Waals surface area contributed by atoms with E-state index < -0.39 is 133 Å². The van der Waals surface area contributed by atoms with Gasteiger partial charge in [0.25, 0.3) is 0 Å². The standard InChI is InChI=1S/C44H56N9O14.Na/c1-5-29(56)49-27-16-44-23-8-7-9-28(67-43(4,6-2)36(41(64)65)51-31(58)18-47-30(57)17-48-38(27)61)32(23)53-42(44)66-35-22-12-20(3)13-26(50-37(60)25(45)19-55)39(62)52-33(40(63)46-10-11-54)34(59)21(14-22)15-24(35)44;/h7-9,14-15,20,25-27,33-34,36,42,53,55,59H,5-6,10,12-13,16-19,45H2,1-4H3,(H,46,63)(H,47,57)(H,48,61)(H,49,56)(H,50,60)(H,51,58)(H,52,62)(H,64,65);/q-1;+1/t20?,25?,26?,27?,33?,34?,36?,42?,43?,44-;/m0./s1. The molecule has 4 aliphatic rings. The summed E-state index contributed by atoms with van der Waals surface area (Å²) in [6.07, 6.45) is -1.64. The van der Waals surface area contributed by atoms with E-state index in [-0.39, 0.29) is 78.7 Å². The number of anilines is 1. The summed E-state index contributed by atoms with van der Waals surface area (Å²) < 4.78 is 13.4. The molecule has 4 aliphatic heterocycles. The number of rotatable bonds is 10. The molecule has 2 aromatic rings. The quantitative estimate of drug-likeness (QED) is 0.0779. The van der Waals surface area contributed by atoms with Gasteiger partial charge in [0.1, 0.15) is 47.4 Å². The van der Waals surface area contributed by atoms with Crippen LogP contribution in [0.3, 0.4) is 0 Å². The Morgan fingerprint density at radius 1 is 0.971 bits per heavy atom. The summed E-state index contributed by atoms with van der Waals surface area (Å²) in [5, 5.41) is 52.9. The molecule has 24 heteroatoms.